The molecule has 0 aliphatic heterocycles. The van der Waals surface area contributed by atoms with E-state index in [0.717, 1.165) is 0 Å². The Kier molecular flexibility index (Phi) is 5.25. The number of fused-ring (bicyclic) bond motifs is 1. The van der Waals surface area contributed by atoms with Crippen molar-refractivity contribution in [2.24, 2.45) is 12.1 Å². The Morgan fingerprint density at radius 1 is 1.32 bits per heavy atom. The van der Waals surface area contributed by atoms with E-state index < -0.39 is 17.2 Å². The van der Waals surface area contributed by atoms with Crippen LogP contribution in [-0.2, 0) is 18.4 Å². The number of aromatic nitrogens is 4. The molecule has 146 valence electrons. The summed E-state index contributed by atoms with van der Waals surface area (Å²) in [6.07, 6.45) is 2.74. The van der Waals surface area contributed by atoms with Gasteiger partial charge in [-0.1, -0.05) is 0 Å². The number of carbonyl (C=O) groups is 1. The molecule has 1 aromatic carbocycles. The fourth-order valence-corrected chi connectivity index (χ4v) is 2.59. The lowest BCUT2D eigenvalue weighted by atomic mass is 10.2. The quantitative estimate of drug-likeness (QED) is 0.437. The highest BCUT2D eigenvalue weighted by Gasteiger charge is 2.13. The number of carbonyl (C=O) groups excluding carboxylic acids is 1. The molecule has 0 unspecified atom stereocenters. The van der Waals surface area contributed by atoms with Gasteiger partial charge in [0.05, 0.1) is 26.8 Å². The van der Waals surface area contributed by atoms with Crippen LogP contribution in [0.2, 0.25) is 0 Å². The zero-order valence-corrected chi connectivity index (χ0v) is 15.4. The summed E-state index contributed by atoms with van der Waals surface area (Å²) < 4.78 is 12.9. The van der Waals surface area contributed by atoms with Gasteiger partial charge < -0.3 is 14.0 Å². The molecule has 0 radical (unpaired) electrons. The second-order valence-electron chi connectivity index (χ2n) is 5.76. The van der Waals surface area contributed by atoms with Gasteiger partial charge in [-0.25, -0.2) is 15.2 Å². The van der Waals surface area contributed by atoms with Crippen molar-refractivity contribution in [3.63, 3.8) is 0 Å². The first kappa shape index (κ1) is 18.9. The Morgan fingerprint density at radius 2 is 2.11 bits per heavy atom. The molecule has 0 bridgehead atoms. The molecule has 2 N–H and O–H groups in total. The maximum atomic E-state index is 12.2. The van der Waals surface area contributed by atoms with Crippen LogP contribution < -0.4 is 26.1 Å². The molecule has 0 spiro atoms. The number of H-pyrrole nitrogens is 1. The summed E-state index contributed by atoms with van der Waals surface area (Å²) in [5.41, 5.74) is 2.13. The molecule has 3 rings (SSSR count). The van der Waals surface area contributed by atoms with Gasteiger partial charge in [0.25, 0.3) is 11.5 Å². The molecule has 0 saturated carbocycles. The van der Waals surface area contributed by atoms with Gasteiger partial charge in [0.2, 0.25) is 0 Å². The van der Waals surface area contributed by atoms with Crippen LogP contribution in [0, 0.1) is 0 Å². The van der Waals surface area contributed by atoms with E-state index in [1.165, 1.54) is 35.8 Å². The lowest BCUT2D eigenvalue weighted by Gasteiger charge is -2.07. The third-order valence-electron chi connectivity index (χ3n) is 4.02. The van der Waals surface area contributed by atoms with Crippen molar-refractivity contribution in [3.05, 3.63) is 50.9 Å². The van der Waals surface area contributed by atoms with Crippen molar-refractivity contribution in [2.75, 3.05) is 14.2 Å². The monoisotopic (exact) mass is 386 g/mol. The van der Waals surface area contributed by atoms with E-state index in [9.17, 15) is 14.4 Å². The first-order valence-corrected chi connectivity index (χ1v) is 8.12. The summed E-state index contributed by atoms with van der Waals surface area (Å²) in [6, 6.07) is 5.16. The molecule has 2 heterocycles. The Morgan fingerprint density at radius 3 is 2.82 bits per heavy atom. The van der Waals surface area contributed by atoms with Gasteiger partial charge in [-0.2, -0.15) is 5.10 Å². The maximum absolute atomic E-state index is 12.2. The molecule has 0 atom stereocenters. The van der Waals surface area contributed by atoms with Crippen LogP contribution in [0.25, 0.3) is 11.2 Å². The average Bonchev–Trinajstić information content (AvgIpc) is 3.10. The minimum atomic E-state index is -0.616. The SMILES string of the molecule is COc1ccc(/C=N\NC(=O)Cn2cnc3c2c(=O)[nH]c(=O)n3C)c(OC)c1. The fourth-order valence-electron chi connectivity index (χ4n) is 2.59. The average molecular weight is 386 g/mol. The van der Waals surface area contributed by atoms with Gasteiger partial charge in [-0.3, -0.25) is 19.1 Å². The smallest absolute Gasteiger partial charge is 0.329 e. The summed E-state index contributed by atoms with van der Waals surface area (Å²) in [4.78, 5) is 42.0. The van der Waals surface area contributed by atoms with Crippen molar-refractivity contribution < 1.29 is 14.3 Å². The lowest BCUT2D eigenvalue weighted by Crippen LogP contribution is -2.30. The van der Waals surface area contributed by atoms with Crippen molar-refractivity contribution in [3.8, 4) is 11.5 Å². The molecule has 11 heteroatoms. The summed E-state index contributed by atoms with van der Waals surface area (Å²) in [5, 5.41) is 3.90. The second kappa shape index (κ2) is 7.78. The van der Waals surface area contributed by atoms with Gasteiger partial charge in [-0.15, -0.1) is 0 Å². The van der Waals surface area contributed by atoms with Crippen LogP contribution in [0.4, 0.5) is 0 Å². The zero-order chi connectivity index (χ0) is 20.3. The van der Waals surface area contributed by atoms with E-state index in [2.05, 4.69) is 20.5 Å². The van der Waals surface area contributed by atoms with Gasteiger partial charge in [0.1, 0.15) is 18.0 Å². The molecule has 11 nitrogen and oxygen atoms in total. The minimum absolute atomic E-state index is 0.123. The van der Waals surface area contributed by atoms with Crippen LogP contribution in [-0.4, -0.2) is 45.4 Å². The summed E-state index contributed by atoms with van der Waals surface area (Å²) >= 11 is 0. The maximum Gasteiger partial charge on any atom is 0.329 e. The molecule has 3 aromatic rings. The van der Waals surface area contributed by atoms with E-state index in [4.69, 9.17) is 9.47 Å². The summed E-state index contributed by atoms with van der Waals surface area (Å²) in [5.74, 6) is 0.686. The number of nitrogens with zero attached hydrogens (tertiary/aromatic N) is 4. The van der Waals surface area contributed by atoms with Crippen LogP contribution in [0.1, 0.15) is 5.56 Å². The molecular formula is C17H18N6O5. The topological polar surface area (TPSA) is 133 Å². The molecule has 1 amide bonds. The van der Waals surface area contributed by atoms with Crippen molar-refractivity contribution in [1.29, 1.82) is 0 Å². The fraction of sp³-hybridized carbons (Fsp3) is 0.235. The number of hydrogen-bond donors (Lipinski definition) is 2. The number of aromatic amines is 1. The van der Waals surface area contributed by atoms with E-state index in [-0.39, 0.29) is 17.7 Å². The lowest BCUT2D eigenvalue weighted by molar-refractivity contribution is -0.121. The highest BCUT2D eigenvalue weighted by atomic mass is 16.5. The van der Waals surface area contributed by atoms with Crippen LogP contribution >= 0.6 is 0 Å². The third kappa shape index (κ3) is 3.63. The Labute approximate surface area is 158 Å². The summed E-state index contributed by atoms with van der Waals surface area (Å²) in [7, 11) is 4.54. The zero-order valence-electron chi connectivity index (χ0n) is 15.4. The van der Waals surface area contributed by atoms with Gasteiger partial charge in [0.15, 0.2) is 11.2 Å². The molecule has 28 heavy (non-hydrogen) atoms. The van der Waals surface area contributed by atoms with E-state index >= 15 is 0 Å². The number of hydrogen-bond acceptors (Lipinski definition) is 7. The number of benzene rings is 1. The van der Waals surface area contributed by atoms with Crippen molar-refractivity contribution in [2.45, 2.75) is 6.54 Å². The molecule has 0 aliphatic rings. The van der Waals surface area contributed by atoms with Crippen LogP contribution in [0.3, 0.4) is 0 Å². The molecule has 0 saturated heterocycles. The number of aryl methyl sites for hydroxylation is 1. The number of methoxy groups -OCH3 is 2. The third-order valence-corrected chi connectivity index (χ3v) is 4.02. The molecule has 2 aromatic heterocycles. The Balaban J connectivity index is 1.74. The van der Waals surface area contributed by atoms with Crippen molar-refractivity contribution in [1.82, 2.24) is 24.5 Å². The highest BCUT2D eigenvalue weighted by molar-refractivity contribution is 5.86. The number of rotatable bonds is 6. The van der Waals surface area contributed by atoms with Gasteiger partial charge in [-0.05, 0) is 12.1 Å². The Hall–Kier alpha value is -3.89. The van der Waals surface area contributed by atoms with Crippen LogP contribution in [0.15, 0.2) is 39.2 Å². The second-order valence-corrected chi connectivity index (χ2v) is 5.76. The van der Waals surface area contributed by atoms with Gasteiger partial charge >= 0.3 is 5.69 Å². The van der Waals surface area contributed by atoms with Crippen LogP contribution in [0.5, 0.6) is 11.5 Å². The standard InChI is InChI=1S/C17H18N6O5/c1-22-15-14(16(25)20-17(22)26)23(9-18-15)8-13(24)21-19-7-10-4-5-11(27-2)6-12(10)28-3/h4-7,9H,8H2,1-3H3,(H,21,24)(H,20,25,26)/b19-7-. The normalized spacial score (nSPS) is 11.1. The molecule has 0 fully saturated rings. The minimum Gasteiger partial charge on any atom is -0.497 e. The number of imidazole rings is 1. The van der Waals surface area contributed by atoms with E-state index in [1.807, 2.05) is 0 Å². The number of nitrogens with one attached hydrogen (secondary N) is 2. The van der Waals surface area contributed by atoms with Crippen molar-refractivity contribution >= 4 is 23.3 Å². The first-order valence-electron chi connectivity index (χ1n) is 8.12. The Bertz CT molecular complexity index is 1170. The predicted octanol–water partition coefficient (Wildman–Crippen LogP) is -0.409. The van der Waals surface area contributed by atoms with Gasteiger partial charge in [0, 0.05) is 18.7 Å². The highest BCUT2D eigenvalue weighted by Crippen LogP contribution is 2.22. The van der Waals surface area contributed by atoms with E-state index in [0.29, 0.717) is 17.1 Å². The summed E-state index contributed by atoms with van der Waals surface area (Å²) in [6.45, 7) is -0.200. The predicted molar refractivity (Wildman–Crippen MR) is 101 cm³/mol. The first-order chi connectivity index (χ1) is 13.4. The molecule has 0 aliphatic carbocycles. The number of hydrazone groups is 1. The number of ether oxygens (including phenoxy) is 2. The number of amides is 1. The largest absolute Gasteiger partial charge is 0.497 e. The van der Waals surface area contributed by atoms with E-state index in [1.54, 1.807) is 25.3 Å². The molecular weight excluding hydrogens is 368 g/mol.